The highest BCUT2D eigenvalue weighted by Gasteiger charge is 2.27. The van der Waals surface area contributed by atoms with E-state index in [9.17, 15) is 9.59 Å². The molecule has 5 nitrogen and oxygen atoms in total. The maximum absolute atomic E-state index is 12.3. The zero-order valence-electron chi connectivity index (χ0n) is 13.9. The van der Waals surface area contributed by atoms with E-state index in [0.717, 1.165) is 18.6 Å². The average molecular weight is 376 g/mol. The first-order valence-electron chi connectivity index (χ1n) is 8.38. The molecule has 0 spiro atoms. The second kappa shape index (κ2) is 9.01. The third kappa shape index (κ3) is 5.31. The van der Waals surface area contributed by atoms with E-state index in [1.165, 1.54) is 16.2 Å². The molecule has 132 valence electrons. The molecule has 1 saturated heterocycles. The van der Waals surface area contributed by atoms with E-state index in [0.29, 0.717) is 24.6 Å². The third-order valence-electron chi connectivity index (χ3n) is 4.21. The van der Waals surface area contributed by atoms with Gasteiger partial charge in [-0.05, 0) is 25.0 Å². The molecular formula is C18H21N3O2S2. The fourth-order valence-electron chi connectivity index (χ4n) is 2.81. The van der Waals surface area contributed by atoms with E-state index >= 15 is 0 Å². The van der Waals surface area contributed by atoms with Crippen LogP contribution in [0.25, 0.3) is 0 Å². The highest BCUT2D eigenvalue weighted by molar-refractivity contribution is 7.99. The molecule has 3 rings (SSSR count). The van der Waals surface area contributed by atoms with Crippen LogP contribution in [0.2, 0.25) is 0 Å². The Morgan fingerprint density at radius 2 is 2.00 bits per heavy atom. The van der Waals surface area contributed by atoms with E-state index in [-0.39, 0.29) is 17.7 Å². The number of carbonyl (C=O) groups excluding carboxylic acids is 2. The first kappa shape index (κ1) is 17.9. The van der Waals surface area contributed by atoms with E-state index in [1.54, 1.807) is 18.0 Å². The molecular weight excluding hydrogens is 354 g/mol. The Hall–Kier alpha value is -1.86. The van der Waals surface area contributed by atoms with Gasteiger partial charge in [-0.1, -0.05) is 18.2 Å². The SMILES string of the molecule is O=C(Nc1nccs1)C1CCN(C(=O)CCSc2ccccc2)CC1. The number of rotatable bonds is 6. The second-order valence-corrected chi connectivity index (χ2v) is 7.96. The van der Waals surface area contributed by atoms with E-state index in [4.69, 9.17) is 0 Å². The fourth-order valence-corrected chi connectivity index (χ4v) is 4.21. The van der Waals surface area contributed by atoms with Crippen LogP contribution in [-0.2, 0) is 9.59 Å². The molecule has 0 bridgehead atoms. The van der Waals surface area contributed by atoms with Gasteiger partial charge in [-0.3, -0.25) is 9.59 Å². The van der Waals surface area contributed by atoms with Crippen LogP contribution < -0.4 is 5.32 Å². The standard InChI is InChI=1S/C18H21N3O2S2/c22-16(8-12-24-15-4-2-1-3-5-15)21-10-6-14(7-11-21)17(23)20-18-19-9-13-25-18/h1-5,9,13-14H,6-8,10-12H2,(H,19,20,23). The Bertz CT molecular complexity index is 684. The summed E-state index contributed by atoms with van der Waals surface area (Å²) in [5.41, 5.74) is 0. The van der Waals surface area contributed by atoms with E-state index in [1.807, 2.05) is 28.5 Å². The first-order valence-corrected chi connectivity index (χ1v) is 10.2. The monoisotopic (exact) mass is 375 g/mol. The number of nitrogens with zero attached hydrogens (tertiary/aromatic N) is 2. The molecule has 0 radical (unpaired) electrons. The normalized spacial score (nSPS) is 15.1. The van der Waals surface area contributed by atoms with Crippen LogP contribution in [0.3, 0.4) is 0 Å². The van der Waals surface area contributed by atoms with Crippen LogP contribution in [0.4, 0.5) is 5.13 Å². The van der Waals surface area contributed by atoms with Crippen molar-refractivity contribution in [3.8, 4) is 0 Å². The number of piperidine rings is 1. The molecule has 2 heterocycles. The smallest absolute Gasteiger partial charge is 0.229 e. The van der Waals surface area contributed by atoms with Crippen molar-refractivity contribution in [1.82, 2.24) is 9.88 Å². The summed E-state index contributed by atoms with van der Waals surface area (Å²) in [7, 11) is 0. The summed E-state index contributed by atoms with van der Waals surface area (Å²) in [5.74, 6) is 0.948. The van der Waals surface area contributed by atoms with Crippen molar-refractivity contribution in [3.05, 3.63) is 41.9 Å². The number of likely N-dealkylation sites (tertiary alicyclic amines) is 1. The summed E-state index contributed by atoms with van der Waals surface area (Å²) in [6, 6.07) is 10.1. The molecule has 1 N–H and O–H groups in total. The van der Waals surface area contributed by atoms with Crippen LogP contribution in [0, 0.1) is 5.92 Å². The molecule has 0 atom stereocenters. The van der Waals surface area contributed by atoms with Gasteiger partial charge in [-0.2, -0.15) is 0 Å². The summed E-state index contributed by atoms with van der Waals surface area (Å²) in [5, 5.41) is 5.33. The maximum atomic E-state index is 12.3. The van der Waals surface area contributed by atoms with E-state index < -0.39 is 0 Å². The van der Waals surface area contributed by atoms with Gasteiger partial charge in [0.15, 0.2) is 5.13 Å². The summed E-state index contributed by atoms with van der Waals surface area (Å²) in [6.45, 7) is 1.32. The maximum Gasteiger partial charge on any atom is 0.229 e. The third-order valence-corrected chi connectivity index (χ3v) is 5.91. The van der Waals surface area contributed by atoms with Gasteiger partial charge in [0.05, 0.1) is 0 Å². The lowest BCUT2D eigenvalue weighted by Gasteiger charge is -2.31. The van der Waals surface area contributed by atoms with Crippen LogP contribution in [0.1, 0.15) is 19.3 Å². The number of nitrogens with one attached hydrogen (secondary N) is 1. The predicted molar refractivity (Wildman–Crippen MR) is 102 cm³/mol. The van der Waals surface area contributed by atoms with Crippen molar-refractivity contribution in [1.29, 1.82) is 0 Å². The van der Waals surface area contributed by atoms with Gasteiger partial charge in [0.25, 0.3) is 0 Å². The Labute approximate surface area is 155 Å². The minimum absolute atomic E-state index is 0.0154. The summed E-state index contributed by atoms with van der Waals surface area (Å²) >= 11 is 3.12. The van der Waals surface area contributed by atoms with Gasteiger partial charge in [0.2, 0.25) is 11.8 Å². The van der Waals surface area contributed by atoms with Crippen molar-refractivity contribution < 1.29 is 9.59 Å². The van der Waals surface area contributed by atoms with Gasteiger partial charge in [0.1, 0.15) is 0 Å². The van der Waals surface area contributed by atoms with Crippen LogP contribution in [-0.4, -0.2) is 40.5 Å². The molecule has 1 aliphatic rings. The largest absolute Gasteiger partial charge is 0.343 e. The molecule has 2 aromatic rings. The number of thioether (sulfide) groups is 1. The zero-order chi connectivity index (χ0) is 17.5. The lowest BCUT2D eigenvalue weighted by atomic mass is 9.96. The number of amides is 2. The second-order valence-electron chi connectivity index (χ2n) is 5.89. The molecule has 7 heteroatoms. The van der Waals surface area contributed by atoms with Gasteiger partial charge >= 0.3 is 0 Å². The molecule has 0 unspecified atom stereocenters. The highest BCUT2D eigenvalue weighted by Crippen LogP contribution is 2.22. The molecule has 1 aromatic heterocycles. The molecule has 2 amide bonds. The lowest BCUT2D eigenvalue weighted by Crippen LogP contribution is -2.41. The van der Waals surface area contributed by atoms with Crippen molar-refractivity contribution in [2.45, 2.75) is 24.2 Å². The molecule has 1 aromatic carbocycles. The van der Waals surface area contributed by atoms with Gasteiger partial charge in [-0.25, -0.2) is 4.98 Å². The number of aromatic nitrogens is 1. The molecule has 0 aliphatic carbocycles. The topological polar surface area (TPSA) is 62.3 Å². The number of carbonyl (C=O) groups is 2. The minimum Gasteiger partial charge on any atom is -0.343 e. The van der Waals surface area contributed by atoms with Crippen LogP contribution in [0.5, 0.6) is 0 Å². The van der Waals surface area contributed by atoms with Gasteiger partial charge < -0.3 is 10.2 Å². The Morgan fingerprint density at radius 3 is 2.68 bits per heavy atom. The number of hydrogen-bond acceptors (Lipinski definition) is 5. The van der Waals surface area contributed by atoms with Gasteiger partial charge in [0, 0.05) is 47.7 Å². The Kier molecular flexibility index (Phi) is 6.47. The Balaban J connectivity index is 1.38. The Morgan fingerprint density at radius 1 is 1.24 bits per heavy atom. The first-order chi connectivity index (χ1) is 12.2. The zero-order valence-corrected chi connectivity index (χ0v) is 15.5. The molecule has 1 fully saturated rings. The van der Waals surface area contributed by atoms with Crippen LogP contribution >= 0.6 is 23.1 Å². The quantitative estimate of drug-likeness (QED) is 0.785. The highest BCUT2D eigenvalue weighted by atomic mass is 32.2. The fraction of sp³-hybridized carbons (Fsp3) is 0.389. The molecule has 0 saturated carbocycles. The predicted octanol–water partition coefficient (Wildman–Crippen LogP) is 3.50. The van der Waals surface area contributed by atoms with Crippen molar-refractivity contribution in [2.24, 2.45) is 5.92 Å². The lowest BCUT2D eigenvalue weighted by molar-refractivity contribution is -0.134. The van der Waals surface area contributed by atoms with E-state index in [2.05, 4.69) is 22.4 Å². The summed E-state index contributed by atoms with van der Waals surface area (Å²) < 4.78 is 0. The van der Waals surface area contributed by atoms with Crippen LogP contribution in [0.15, 0.2) is 46.8 Å². The average Bonchev–Trinajstić information content (AvgIpc) is 3.15. The van der Waals surface area contributed by atoms with Crippen molar-refractivity contribution in [3.63, 3.8) is 0 Å². The molecule has 25 heavy (non-hydrogen) atoms. The minimum atomic E-state index is -0.0355. The summed E-state index contributed by atoms with van der Waals surface area (Å²) in [4.78, 5) is 31.7. The number of hydrogen-bond donors (Lipinski definition) is 1. The number of anilines is 1. The van der Waals surface area contributed by atoms with Crippen molar-refractivity contribution >= 4 is 40.0 Å². The number of thiazole rings is 1. The van der Waals surface area contributed by atoms with Gasteiger partial charge in [-0.15, -0.1) is 23.1 Å². The summed E-state index contributed by atoms with van der Waals surface area (Å²) in [6.07, 6.45) is 3.65. The van der Waals surface area contributed by atoms with Crippen molar-refractivity contribution in [2.75, 3.05) is 24.2 Å². The molecule has 1 aliphatic heterocycles. The number of benzene rings is 1.